The van der Waals surface area contributed by atoms with Gasteiger partial charge in [-0.1, -0.05) is 27.9 Å². The zero-order valence-electron chi connectivity index (χ0n) is 8.97. The summed E-state index contributed by atoms with van der Waals surface area (Å²) in [5, 5.41) is 8.26. The molecule has 0 unspecified atom stereocenters. The van der Waals surface area contributed by atoms with E-state index in [0.717, 1.165) is 21.4 Å². The highest BCUT2D eigenvalue weighted by molar-refractivity contribution is 9.10. The molecule has 0 spiro atoms. The van der Waals surface area contributed by atoms with Crippen molar-refractivity contribution < 1.29 is 0 Å². The Morgan fingerprint density at radius 1 is 0.941 bits per heavy atom. The van der Waals surface area contributed by atoms with E-state index < -0.39 is 0 Å². The molecular weight excluding hydrogens is 276 g/mol. The molecule has 0 aliphatic heterocycles. The van der Waals surface area contributed by atoms with Crippen LogP contribution in [0.1, 0.15) is 5.56 Å². The standard InChI is InChI=1S/C14H9BrN2/c1-2-11-4-3-5-14(10-11)17-16-13-8-6-12(15)7-9-13/h1,3-10H. The lowest BCUT2D eigenvalue weighted by Crippen LogP contribution is -1.71. The van der Waals surface area contributed by atoms with Crippen molar-refractivity contribution in [3.8, 4) is 12.3 Å². The minimum Gasteiger partial charge on any atom is -0.151 e. The van der Waals surface area contributed by atoms with E-state index in [9.17, 15) is 0 Å². The zero-order chi connectivity index (χ0) is 12.1. The Balaban J connectivity index is 2.20. The molecule has 0 fully saturated rings. The lowest BCUT2D eigenvalue weighted by Gasteiger charge is -1.95. The number of terminal acetylenes is 1. The van der Waals surface area contributed by atoms with Gasteiger partial charge in [0.1, 0.15) is 0 Å². The summed E-state index contributed by atoms with van der Waals surface area (Å²) in [7, 11) is 0. The fraction of sp³-hybridized carbons (Fsp3) is 0. The van der Waals surface area contributed by atoms with E-state index in [-0.39, 0.29) is 0 Å². The number of hydrogen-bond acceptors (Lipinski definition) is 2. The van der Waals surface area contributed by atoms with Crippen LogP contribution in [-0.4, -0.2) is 0 Å². The second kappa shape index (κ2) is 5.42. The summed E-state index contributed by atoms with van der Waals surface area (Å²) in [6.07, 6.45) is 5.32. The van der Waals surface area contributed by atoms with Gasteiger partial charge in [0, 0.05) is 10.0 Å². The highest BCUT2D eigenvalue weighted by atomic mass is 79.9. The number of azo groups is 1. The molecule has 0 N–H and O–H groups in total. The first kappa shape index (κ1) is 11.6. The van der Waals surface area contributed by atoms with Gasteiger partial charge in [0.15, 0.2) is 0 Å². The quantitative estimate of drug-likeness (QED) is 0.557. The second-order valence-corrected chi connectivity index (χ2v) is 4.29. The van der Waals surface area contributed by atoms with Crippen LogP contribution in [0.5, 0.6) is 0 Å². The summed E-state index contributed by atoms with van der Waals surface area (Å²) >= 11 is 3.37. The van der Waals surface area contributed by atoms with E-state index in [4.69, 9.17) is 6.42 Å². The Hall–Kier alpha value is -1.92. The number of hydrogen-bond donors (Lipinski definition) is 0. The molecule has 2 nitrogen and oxygen atoms in total. The van der Waals surface area contributed by atoms with Crippen molar-refractivity contribution in [1.29, 1.82) is 0 Å². The molecule has 0 aliphatic carbocycles. The smallest absolute Gasteiger partial charge is 0.0869 e. The number of halogens is 1. The van der Waals surface area contributed by atoms with Gasteiger partial charge in [-0.2, -0.15) is 10.2 Å². The Kier molecular flexibility index (Phi) is 3.69. The number of nitrogens with zero attached hydrogens (tertiary/aromatic N) is 2. The maximum absolute atomic E-state index is 5.32. The summed E-state index contributed by atoms with van der Waals surface area (Å²) in [6.45, 7) is 0. The van der Waals surface area contributed by atoms with Gasteiger partial charge in [-0.05, 0) is 42.5 Å². The van der Waals surface area contributed by atoms with Crippen molar-refractivity contribution >= 4 is 27.3 Å². The van der Waals surface area contributed by atoms with E-state index in [1.807, 2.05) is 48.5 Å². The molecule has 0 bridgehead atoms. The molecule has 2 rings (SSSR count). The van der Waals surface area contributed by atoms with Crippen LogP contribution in [-0.2, 0) is 0 Å². The lowest BCUT2D eigenvalue weighted by molar-refractivity contribution is 1.23. The first-order valence-corrected chi connectivity index (χ1v) is 5.81. The van der Waals surface area contributed by atoms with E-state index in [1.165, 1.54) is 0 Å². The molecule has 0 aliphatic rings. The van der Waals surface area contributed by atoms with Crippen LogP contribution >= 0.6 is 15.9 Å². The van der Waals surface area contributed by atoms with Crippen LogP contribution in [0.25, 0.3) is 0 Å². The van der Waals surface area contributed by atoms with Crippen LogP contribution in [0.3, 0.4) is 0 Å². The predicted octanol–water partition coefficient (Wildman–Crippen LogP) is 4.85. The van der Waals surface area contributed by atoms with Crippen LogP contribution in [0.2, 0.25) is 0 Å². The van der Waals surface area contributed by atoms with Gasteiger partial charge >= 0.3 is 0 Å². The van der Waals surface area contributed by atoms with Gasteiger partial charge in [-0.25, -0.2) is 0 Å². The van der Waals surface area contributed by atoms with Crippen molar-refractivity contribution in [2.24, 2.45) is 10.2 Å². The maximum Gasteiger partial charge on any atom is 0.0869 e. The summed E-state index contributed by atoms with van der Waals surface area (Å²) < 4.78 is 1.02. The molecule has 0 heterocycles. The fourth-order valence-corrected chi connectivity index (χ4v) is 1.55. The van der Waals surface area contributed by atoms with Gasteiger partial charge in [0.05, 0.1) is 11.4 Å². The molecule has 2 aromatic rings. The first-order valence-electron chi connectivity index (χ1n) is 5.02. The molecule has 3 heteroatoms. The predicted molar refractivity (Wildman–Crippen MR) is 72.7 cm³/mol. The molecule has 0 aromatic heterocycles. The SMILES string of the molecule is C#Cc1cccc(N=Nc2ccc(Br)cc2)c1. The minimum atomic E-state index is 0.753. The lowest BCUT2D eigenvalue weighted by atomic mass is 10.2. The van der Waals surface area contributed by atoms with Gasteiger partial charge in [0.2, 0.25) is 0 Å². The molecule has 0 amide bonds. The monoisotopic (exact) mass is 284 g/mol. The molecule has 82 valence electrons. The Morgan fingerprint density at radius 2 is 1.65 bits per heavy atom. The van der Waals surface area contributed by atoms with E-state index >= 15 is 0 Å². The highest BCUT2D eigenvalue weighted by Crippen LogP contribution is 2.20. The van der Waals surface area contributed by atoms with Crippen LogP contribution in [0, 0.1) is 12.3 Å². The van der Waals surface area contributed by atoms with Crippen molar-refractivity contribution in [2.75, 3.05) is 0 Å². The van der Waals surface area contributed by atoms with Gasteiger partial charge in [-0.15, -0.1) is 6.42 Å². The number of benzene rings is 2. The molecular formula is C14H9BrN2. The van der Waals surface area contributed by atoms with Crippen LogP contribution in [0.4, 0.5) is 11.4 Å². The molecule has 2 aromatic carbocycles. The normalized spacial score (nSPS) is 10.4. The third kappa shape index (κ3) is 3.27. The van der Waals surface area contributed by atoms with Crippen LogP contribution in [0.15, 0.2) is 63.2 Å². The molecule has 0 atom stereocenters. The van der Waals surface area contributed by atoms with Crippen molar-refractivity contribution in [1.82, 2.24) is 0 Å². The van der Waals surface area contributed by atoms with Crippen molar-refractivity contribution in [3.05, 3.63) is 58.6 Å². The minimum absolute atomic E-state index is 0.753. The second-order valence-electron chi connectivity index (χ2n) is 3.37. The van der Waals surface area contributed by atoms with Crippen molar-refractivity contribution in [3.63, 3.8) is 0 Å². The van der Waals surface area contributed by atoms with Crippen molar-refractivity contribution in [2.45, 2.75) is 0 Å². The average Bonchev–Trinajstić information content (AvgIpc) is 2.38. The first-order chi connectivity index (χ1) is 8.28. The molecule has 17 heavy (non-hydrogen) atoms. The van der Waals surface area contributed by atoms with Gasteiger partial charge < -0.3 is 0 Å². The largest absolute Gasteiger partial charge is 0.151 e. The van der Waals surface area contributed by atoms with E-state index in [2.05, 4.69) is 32.1 Å². The third-order valence-electron chi connectivity index (χ3n) is 2.12. The molecule has 0 radical (unpaired) electrons. The Labute approximate surface area is 109 Å². The fourth-order valence-electron chi connectivity index (χ4n) is 1.28. The maximum atomic E-state index is 5.32. The molecule has 0 saturated carbocycles. The van der Waals surface area contributed by atoms with Crippen LogP contribution < -0.4 is 0 Å². The molecule has 0 saturated heterocycles. The third-order valence-corrected chi connectivity index (χ3v) is 2.65. The van der Waals surface area contributed by atoms with E-state index in [1.54, 1.807) is 0 Å². The Morgan fingerprint density at radius 3 is 2.35 bits per heavy atom. The zero-order valence-corrected chi connectivity index (χ0v) is 10.6. The summed E-state index contributed by atoms with van der Waals surface area (Å²) in [6, 6.07) is 15.0. The average molecular weight is 285 g/mol. The summed E-state index contributed by atoms with van der Waals surface area (Å²) in [5.74, 6) is 2.57. The topological polar surface area (TPSA) is 24.7 Å². The highest BCUT2D eigenvalue weighted by Gasteiger charge is 1.92. The van der Waals surface area contributed by atoms with Gasteiger partial charge in [-0.3, -0.25) is 0 Å². The van der Waals surface area contributed by atoms with E-state index in [0.29, 0.717) is 0 Å². The van der Waals surface area contributed by atoms with Gasteiger partial charge in [0.25, 0.3) is 0 Å². The Bertz CT molecular complexity index is 580. The number of rotatable bonds is 2. The summed E-state index contributed by atoms with van der Waals surface area (Å²) in [4.78, 5) is 0. The summed E-state index contributed by atoms with van der Waals surface area (Å²) in [5.41, 5.74) is 2.36.